The zero-order valence-electron chi connectivity index (χ0n) is 17.9. The van der Waals surface area contributed by atoms with Gasteiger partial charge >= 0.3 is 0 Å². The molecule has 0 saturated carbocycles. The molecular weight excluding hydrogens is 458 g/mol. The van der Waals surface area contributed by atoms with Crippen molar-refractivity contribution < 1.29 is 22.9 Å². The first-order valence-corrected chi connectivity index (χ1v) is 12.0. The molecule has 0 aliphatic carbocycles. The predicted octanol–water partition coefficient (Wildman–Crippen LogP) is 3.96. The number of carbonyl (C=O) groups excluding carboxylic acids is 2. The van der Waals surface area contributed by atoms with Gasteiger partial charge in [-0.05, 0) is 60.9 Å². The van der Waals surface area contributed by atoms with Gasteiger partial charge < -0.3 is 10.6 Å². The van der Waals surface area contributed by atoms with E-state index in [2.05, 4.69) is 10.6 Å². The van der Waals surface area contributed by atoms with Crippen LogP contribution < -0.4 is 10.6 Å². The first-order valence-electron chi connectivity index (χ1n) is 10.5. The zero-order chi connectivity index (χ0) is 24.3. The van der Waals surface area contributed by atoms with Crippen LogP contribution in [0.4, 0.5) is 17.1 Å². The summed E-state index contributed by atoms with van der Waals surface area (Å²) in [6.45, 7) is 0. The fraction of sp³-hybridized carbons (Fsp3) is 0.167. The van der Waals surface area contributed by atoms with Crippen LogP contribution in [-0.4, -0.2) is 25.2 Å². The lowest BCUT2D eigenvalue weighted by Gasteiger charge is -2.24. The second-order valence-electron chi connectivity index (χ2n) is 7.91. The third kappa shape index (κ3) is 4.96. The molecule has 3 aromatic carbocycles. The Kier molecular flexibility index (Phi) is 6.42. The number of sulfone groups is 1. The van der Waals surface area contributed by atoms with Gasteiger partial charge in [-0.1, -0.05) is 18.2 Å². The summed E-state index contributed by atoms with van der Waals surface area (Å²) in [5.74, 6) is -0.681. The minimum absolute atomic E-state index is 0.00288. The second-order valence-corrected chi connectivity index (χ2v) is 9.86. The number of anilines is 2. The minimum Gasteiger partial charge on any atom is -0.326 e. The van der Waals surface area contributed by atoms with Gasteiger partial charge in [0.15, 0.2) is 0 Å². The summed E-state index contributed by atoms with van der Waals surface area (Å²) < 4.78 is 25.5. The zero-order valence-corrected chi connectivity index (χ0v) is 18.7. The Morgan fingerprint density at radius 1 is 1.00 bits per heavy atom. The number of nitrogens with zero attached hydrogens (tertiary/aromatic N) is 1. The largest absolute Gasteiger partial charge is 0.326 e. The van der Waals surface area contributed by atoms with Crippen molar-refractivity contribution in [2.24, 2.45) is 5.92 Å². The highest BCUT2D eigenvalue weighted by atomic mass is 32.2. The van der Waals surface area contributed by atoms with E-state index < -0.39 is 14.8 Å². The molecule has 0 saturated heterocycles. The molecule has 1 aliphatic heterocycles. The Morgan fingerprint density at radius 2 is 1.62 bits per heavy atom. The van der Waals surface area contributed by atoms with Gasteiger partial charge in [0.1, 0.15) is 0 Å². The average Bonchev–Trinajstić information content (AvgIpc) is 2.83. The Bertz CT molecular complexity index is 1350. The number of amides is 2. The summed E-state index contributed by atoms with van der Waals surface area (Å²) in [5.41, 5.74) is 2.06. The SMILES string of the molecule is O=C(CC[C@@H]1Cc2ccccc2NC1=O)Nc1ccc(S(=O)(=O)c2ccc([N+](=O)[O-])cc2)cc1. The van der Waals surface area contributed by atoms with Gasteiger partial charge in [0.2, 0.25) is 21.7 Å². The number of nitro benzene ring substituents is 1. The molecule has 10 heteroatoms. The highest BCUT2D eigenvalue weighted by Crippen LogP contribution is 2.28. The van der Waals surface area contributed by atoms with Crippen LogP contribution in [0.25, 0.3) is 0 Å². The third-order valence-corrected chi connectivity index (χ3v) is 7.42. The number of benzene rings is 3. The molecule has 34 heavy (non-hydrogen) atoms. The van der Waals surface area contributed by atoms with Gasteiger partial charge in [-0.3, -0.25) is 19.7 Å². The summed E-state index contributed by atoms with van der Waals surface area (Å²) >= 11 is 0. The molecule has 0 spiro atoms. The van der Waals surface area contributed by atoms with Crippen molar-refractivity contribution in [3.05, 3.63) is 88.5 Å². The van der Waals surface area contributed by atoms with Crippen molar-refractivity contribution >= 4 is 38.7 Å². The van der Waals surface area contributed by atoms with Crippen LogP contribution in [0.15, 0.2) is 82.6 Å². The van der Waals surface area contributed by atoms with Crippen LogP contribution in [0, 0.1) is 16.0 Å². The molecular formula is C24H21N3O6S. The van der Waals surface area contributed by atoms with E-state index in [4.69, 9.17) is 0 Å². The standard InChI is InChI=1S/C24H21N3O6S/c28-23(14-5-17-15-16-3-1-2-4-22(16)26-24(17)29)25-18-6-10-20(11-7-18)34(32,33)21-12-8-19(9-13-21)27(30)31/h1-4,6-13,17H,5,14-15H2,(H,25,28)(H,26,29)/t17-/m1/s1. The molecule has 1 aliphatic rings. The summed E-state index contributed by atoms with van der Waals surface area (Å²) in [6, 6.07) is 17.9. The molecule has 3 aromatic rings. The molecule has 0 aromatic heterocycles. The van der Waals surface area contributed by atoms with Crippen molar-refractivity contribution in [3.8, 4) is 0 Å². The van der Waals surface area contributed by atoms with Gasteiger partial charge in [0, 0.05) is 35.8 Å². The Labute approximate surface area is 195 Å². The summed E-state index contributed by atoms with van der Waals surface area (Å²) in [4.78, 5) is 34.8. The fourth-order valence-corrected chi connectivity index (χ4v) is 5.04. The van der Waals surface area contributed by atoms with Crippen molar-refractivity contribution in [3.63, 3.8) is 0 Å². The van der Waals surface area contributed by atoms with Crippen molar-refractivity contribution in [1.29, 1.82) is 0 Å². The number of hydrogen-bond donors (Lipinski definition) is 2. The lowest BCUT2D eigenvalue weighted by molar-refractivity contribution is -0.384. The van der Waals surface area contributed by atoms with Crippen LogP contribution >= 0.6 is 0 Å². The van der Waals surface area contributed by atoms with E-state index in [-0.39, 0.29) is 39.6 Å². The number of para-hydroxylation sites is 1. The number of rotatable bonds is 7. The summed E-state index contributed by atoms with van der Waals surface area (Å²) in [7, 11) is -3.86. The maximum atomic E-state index is 12.7. The van der Waals surface area contributed by atoms with E-state index in [1.165, 1.54) is 36.4 Å². The number of fused-ring (bicyclic) bond motifs is 1. The molecule has 9 nitrogen and oxygen atoms in total. The van der Waals surface area contributed by atoms with Crippen molar-refractivity contribution in [2.45, 2.75) is 29.1 Å². The fourth-order valence-electron chi connectivity index (χ4n) is 3.78. The van der Waals surface area contributed by atoms with Gasteiger partial charge in [-0.15, -0.1) is 0 Å². The number of nitrogens with one attached hydrogen (secondary N) is 2. The van der Waals surface area contributed by atoms with Gasteiger partial charge in [0.05, 0.1) is 14.7 Å². The minimum atomic E-state index is -3.86. The highest BCUT2D eigenvalue weighted by Gasteiger charge is 2.26. The van der Waals surface area contributed by atoms with Crippen LogP contribution in [0.5, 0.6) is 0 Å². The highest BCUT2D eigenvalue weighted by molar-refractivity contribution is 7.91. The van der Waals surface area contributed by atoms with Crippen LogP contribution in [0.3, 0.4) is 0 Å². The topological polar surface area (TPSA) is 135 Å². The number of nitro groups is 1. The van der Waals surface area contributed by atoms with Gasteiger partial charge in [-0.2, -0.15) is 0 Å². The van der Waals surface area contributed by atoms with E-state index >= 15 is 0 Å². The van der Waals surface area contributed by atoms with E-state index in [0.717, 1.165) is 23.4 Å². The number of carbonyl (C=O) groups is 2. The molecule has 2 N–H and O–H groups in total. The number of hydrogen-bond acceptors (Lipinski definition) is 6. The molecule has 0 bridgehead atoms. The van der Waals surface area contributed by atoms with E-state index in [9.17, 15) is 28.1 Å². The van der Waals surface area contributed by atoms with Crippen LogP contribution in [0.1, 0.15) is 18.4 Å². The number of non-ortho nitro benzene ring substituents is 1. The van der Waals surface area contributed by atoms with E-state index in [1.54, 1.807) is 0 Å². The molecule has 2 amide bonds. The molecule has 0 radical (unpaired) electrons. The molecule has 174 valence electrons. The van der Waals surface area contributed by atoms with Gasteiger partial charge in [-0.25, -0.2) is 8.42 Å². The molecule has 1 heterocycles. The Hall–Kier alpha value is -4.05. The van der Waals surface area contributed by atoms with Crippen LogP contribution in [0.2, 0.25) is 0 Å². The lowest BCUT2D eigenvalue weighted by Crippen LogP contribution is -2.30. The van der Waals surface area contributed by atoms with Crippen molar-refractivity contribution in [1.82, 2.24) is 0 Å². The monoisotopic (exact) mass is 479 g/mol. The quantitative estimate of drug-likeness (QED) is 0.389. The average molecular weight is 480 g/mol. The normalized spacial score (nSPS) is 15.2. The Balaban J connectivity index is 1.35. The summed E-state index contributed by atoms with van der Waals surface area (Å²) in [5, 5.41) is 16.3. The molecule has 1 atom stereocenters. The Morgan fingerprint density at radius 3 is 2.26 bits per heavy atom. The van der Waals surface area contributed by atoms with Crippen molar-refractivity contribution in [2.75, 3.05) is 10.6 Å². The van der Waals surface area contributed by atoms with E-state index in [1.807, 2.05) is 24.3 Å². The smallest absolute Gasteiger partial charge is 0.269 e. The predicted molar refractivity (Wildman–Crippen MR) is 125 cm³/mol. The van der Waals surface area contributed by atoms with Crippen LogP contribution in [-0.2, 0) is 25.8 Å². The molecule has 0 unspecified atom stereocenters. The third-order valence-electron chi connectivity index (χ3n) is 5.64. The first-order chi connectivity index (χ1) is 16.2. The molecule has 4 rings (SSSR count). The summed E-state index contributed by atoms with van der Waals surface area (Å²) in [6.07, 6.45) is 1.10. The maximum absolute atomic E-state index is 12.7. The molecule has 0 fully saturated rings. The second kappa shape index (κ2) is 9.44. The van der Waals surface area contributed by atoms with E-state index in [0.29, 0.717) is 18.5 Å². The maximum Gasteiger partial charge on any atom is 0.269 e. The first kappa shape index (κ1) is 23.1. The van der Waals surface area contributed by atoms with Gasteiger partial charge in [0.25, 0.3) is 5.69 Å². The lowest BCUT2D eigenvalue weighted by atomic mass is 9.89.